The maximum Gasteiger partial charge on any atom is 0.0880 e. The smallest absolute Gasteiger partial charge is 0.0880 e. The maximum atomic E-state index is 6.23. The first kappa shape index (κ1) is 14.0. The van der Waals surface area contributed by atoms with Gasteiger partial charge in [0.05, 0.1) is 12.2 Å². The largest absolute Gasteiger partial charge is 0.372 e. The molecule has 1 aliphatic heterocycles. The van der Waals surface area contributed by atoms with Crippen LogP contribution in [0.15, 0.2) is 0 Å². The highest BCUT2D eigenvalue weighted by Gasteiger charge is 2.48. The molecule has 0 aromatic rings. The number of hydrogen-bond donors (Lipinski definition) is 0. The van der Waals surface area contributed by atoms with E-state index in [0.29, 0.717) is 12.0 Å². The minimum Gasteiger partial charge on any atom is -0.372 e. The summed E-state index contributed by atoms with van der Waals surface area (Å²) in [5.41, 5.74) is 0.185. The van der Waals surface area contributed by atoms with Crippen LogP contribution in [0.3, 0.4) is 0 Å². The van der Waals surface area contributed by atoms with Gasteiger partial charge in [0.15, 0.2) is 0 Å². The van der Waals surface area contributed by atoms with Gasteiger partial charge in [0, 0.05) is 19.1 Å². The monoisotopic (exact) mass is 227 g/mol. The van der Waals surface area contributed by atoms with Crippen molar-refractivity contribution in [1.82, 2.24) is 4.90 Å². The minimum atomic E-state index is -0.00444. The van der Waals surface area contributed by atoms with Gasteiger partial charge in [-0.3, -0.25) is 4.90 Å². The molecule has 1 rings (SSSR count). The van der Waals surface area contributed by atoms with Crippen molar-refractivity contribution in [2.24, 2.45) is 11.3 Å². The van der Waals surface area contributed by atoms with E-state index in [-0.39, 0.29) is 11.0 Å². The molecule has 0 aromatic heterocycles. The lowest BCUT2D eigenvalue weighted by Gasteiger charge is -2.53. The Labute approximate surface area is 101 Å². The molecule has 0 bridgehead atoms. The molecule has 16 heavy (non-hydrogen) atoms. The van der Waals surface area contributed by atoms with Crippen molar-refractivity contribution in [3.63, 3.8) is 0 Å². The van der Waals surface area contributed by atoms with E-state index in [2.05, 4.69) is 53.4 Å². The zero-order valence-electron chi connectivity index (χ0n) is 12.1. The van der Waals surface area contributed by atoms with Crippen molar-refractivity contribution in [3.8, 4) is 0 Å². The molecule has 1 unspecified atom stereocenters. The van der Waals surface area contributed by atoms with Crippen LogP contribution in [0.2, 0.25) is 0 Å². The molecule has 0 aliphatic carbocycles. The summed E-state index contributed by atoms with van der Waals surface area (Å²) in [6.45, 7) is 19.0. The Bertz CT molecular complexity index is 229. The average Bonchev–Trinajstić information content (AvgIpc) is 2.15. The first-order valence-electron chi connectivity index (χ1n) is 6.59. The zero-order chi connectivity index (χ0) is 12.6. The topological polar surface area (TPSA) is 12.5 Å². The molecule has 0 radical (unpaired) electrons. The number of ether oxygens (including phenoxy) is 1. The van der Waals surface area contributed by atoms with Gasteiger partial charge in [-0.25, -0.2) is 0 Å². The third kappa shape index (κ3) is 2.43. The summed E-state index contributed by atoms with van der Waals surface area (Å²) in [7, 11) is 0. The summed E-state index contributed by atoms with van der Waals surface area (Å²) in [5, 5.41) is 0. The molecule has 2 heteroatoms. The molecule has 1 aliphatic rings. The molecule has 0 saturated carbocycles. The molecule has 0 spiro atoms. The van der Waals surface area contributed by atoms with E-state index in [4.69, 9.17) is 4.74 Å². The summed E-state index contributed by atoms with van der Waals surface area (Å²) in [5.74, 6) is 0.550. The standard InChI is InChI=1S/C14H29NO/c1-11(2)14(13(5,6)7)10-15(12(3)4)8-9-16-14/h11-12H,8-10H2,1-7H3. The van der Waals surface area contributed by atoms with E-state index in [1.807, 2.05) is 0 Å². The fourth-order valence-electron chi connectivity index (χ4n) is 2.88. The molecule has 1 saturated heterocycles. The molecule has 1 atom stereocenters. The molecular formula is C14H29NO. The van der Waals surface area contributed by atoms with Gasteiger partial charge in [0.2, 0.25) is 0 Å². The summed E-state index contributed by atoms with van der Waals surface area (Å²) in [4.78, 5) is 2.55. The Morgan fingerprint density at radius 3 is 2.06 bits per heavy atom. The molecule has 1 heterocycles. The highest BCUT2D eigenvalue weighted by molar-refractivity contribution is 4.99. The minimum absolute atomic E-state index is 0.00444. The zero-order valence-corrected chi connectivity index (χ0v) is 12.1. The van der Waals surface area contributed by atoms with Crippen molar-refractivity contribution < 1.29 is 4.74 Å². The van der Waals surface area contributed by atoms with E-state index < -0.39 is 0 Å². The Morgan fingerprint density at radius 1 is 1.12 bits per heavy atom. The van der Waals surface area contributed by atoms with E-state index in [0.717, 1.165) is 19.7 Å². The lowest BCUT2D eigenvalue weighted by molar-refractivity contribution is -0.193. The van der Waals surface area contributed by atoms with Crippen LogP contribution < -0.4 is 0 Å². The normalized spacial score (nSPS) is 29.1. The van der Waals surface area contributed by atoms with Gasteiger partial charge in [0.1, 0.15) is 0 Å². The van der Waals surface area contributed by atoms with Gasteiger partial charge in [-0.05, 0) is 25.2 Å². The summed E-state index contributed by atoms with van der Waals surface area (Å²) in [6, 6.07) is 0.615. The molecule has 96 valence electrons. The summed E-state index contributed by atoms with van der Waals surface area (Å²) >= 11 is 0. The lowest BCUT2D eigenvalue weighted by Crippen LogP contribution is -2.62. The predicted octanol–water partition coefficient (Wildman–Crippen LogP) is 3.17. The maximum absolute atomic E-state index is 6.23. The van der Waals surface area contributed by atoms with Gasteiger partial charge in [-0.15, -0.1) is 0 Å². The number of hydrogen-bond acceptors (Lipinski definition) is 2. The molecule has 0 aromatic carbocycles. The predicted molar refractivity (Wildman–Crippen MR) is 69.7 cm³/mol. The quantitative estimate of drug-likeness (QED) is 0.718. The fourth-order valence-corrected chi connectivity index (χ4v) is 2.88. The third-order valence-corrected chi connectivity index (χ3v) is 4.11. The second kappa shape index (κ2) is 4.66. The summed E-state index contributed by atoms with van der Waals surface area (Å²) in [6.07, 6.45) is 0. The second-order valence-electron chi connectivity index (χ2n) is 6.71. The van der Waals surface area contributed by atoms with Crippen molar-refractivity contribution in [3.05, 3.63) is 0 Å². The van der Waals surface area contributed by atoms with Crippen molar-refractivity contribution in [2.45, 2.75) is 60.1 Å². The van der Waals surface area contributed by atoms with Gasteiger partial charge < -0.3 is 4.74 Å². The van der Waals surface area contributed by atoms with Crippen molar-refractivity contribution >= 4 is 0 Å². The Kier molecular flexibility index (Phi) is 4.07. The van der Waals surface area contributed by atoms with Crippen LogP contribution >= 0.6 is 0 Å². The van der Waals surface area contributed by atoms with Crippen LogP contribution in [-0.2, 0) is 4.74 Å². The first-order chi connectivity index (χ1) is 7.21. The molecule has 0 N–H and O–H groups in total. The van der Waals surface area contributed by atoms with E-state index in [1.165, 1.54) is 0 Å². The van der Waals surface area contributed by atoms with Gasteiger partial charge in [0.25, 0.3) is 0 Å². The Morgan fingerprint density at radius 2 is 1.69 bits per heavy atom. The van der Waals surface area contributed by atoms with Crippen molar-refractivity contribution in [1.29, 1.82) is 0 Å². The highest BCUT2D eigenvalue weighted by atomic mass is 16.5. The lowest BCUT2D eigenvalue weighted by atomic mass is 9.68. The first-order valence-corrected chi connectivity index (χ1v) is 6.59. The number of rotatable bonds is 2. The second-order valence-corrected chi connectivity index (χ2v) is 6.71. The third-order valence-electron chi connectivity index (χ3n) is 4.11. The molecule has 0 amide bonds. The summed E-state index contributed by atoms with van der Waals surface area (Å²) < 4.78 is 6.23. The number of morpholine rings is 1. The molecule has 1 fully saturated rings. The Hall–Kier alpha value is -0.0800. The van der Waals surface area contributed by atoms with Crippen LogP contribution in [0, 0.1) is 11.3 Å². The van der Waals surface area contributed by atoms with Gasteiger partial charge in [-0.2, -0.15) is 0 Å². The van der Waals surface area contributed by atoms with Crippen LogP contribution in [0.4, 0.5) is 0 Å². The SMILES string of the molecule is CC(C)N1CCOC(C(C)C)(C(C)(C)C)C1. The Balaban J connectivity index is 2.94. The van der Waals surface area contributed by atoms with E-state index >= 15 is 0 Å². The fraction of sp³-hybridized carbons (Fsp3) is 1.00. The van der Waals surface area contributed by atoms with Crippen LogP contribution in [-0.4, -0.2) is 36.2 Å². The van der Waals surface area contributed by atoms with Crippen LogP contribution in [0.5, 0.6) is 0 Å². The van der Waals surface area contributed by atoms with E-state index in [9.17, 15) is 0 Å². The number of nitrogens with zero attached hydrogens (tertiary/aromatic N) is 1. The molecule has 2 nitrogen and oxygen atoms in total. The van der Waals surface area contributed by atoms with Gasteiger partial charge in [-0.1, -0.05) is 34.6 Å². The van der Waals surface area contributed by atoms with E-state index in [1.54, 1.807) is 0 Å². The van der Waals surface area contributed by atoms with Gasteiger partial charge >= 0.3 is 0 Å². The molecular weight excluding hydrogens is 198 g/mol. The highest BCUT2D eigenvalue weighted by Crippen LogP contribution is 2.42. The van der Waals surface area contributed by atoms with Crippen molar-refractivity contribution in [2.75, 3.05) is 19.7 Å². The average molecular weight is 227 g/mol. The van der Waals surface area contributed by atoms with Crippen LogP contribution in [0.1, 0.15) is 48.5 Å². The van der Waals surface area contributed by atoms with Crippen LogP contribution in [0.25, 0.3) is 0 Å².